The lowest BCUT2D eigenvalue weighted by molar-refractivity contribution is -0.118. The second-order valence-corrected chi connectivity index (χ2v) is 7.45. The number of benzene rings is 3. The fourth-order valence-electron chi connectivity index (χ4n) is 3.91. The minimum atomic E-state index is -0.476. The van der Waals surface area contributed by atoms with Crippen molar-refractivity contribution in [3.8, 4) is 22.6 Å². The first kappa shape index (κ1) is 16.9. The first-order valence-electron chi connectivity index (χ1n) is 9.54. The zero-order valence-corrected chi connectivity index (χ0v) is 15.7. The van der Waals surface area contributed by atoms with Crippen molar-refractivity contribution in [1.82, 2.24) is 0 Å². The number of hydrogen-bond donors (Lipinski definition) is 1. The summed E-state index contributed by atoms with van der Waals surface area (Å²) in [5.74, 6) is 1.50. The minimum Gasteiger partial charge on any atom is -0.454 e. The summed E-state index contributed by atoms with van der Waals surface area (Å²) >= 11 is 0. The van der Waals surface area contributed by atoms with Gasteiger partial charge in [0.25, 0.3) is 0 Å². The highest BCUT2D eigenvalue weighted by Crippen LogP contribution is 2.51. The Labute approximate surface area is 164 Å². The van der Waals surface area contributed by atoms with E-state index < -0.39 is 5.41 Å². The van der Waals surface area contributed by atoms with Crippen LogP contribution in [0, 0.1) is 6.92 Å². The van der Waals surface area contributed by atoms with Gasteiger partial charge >= 0.3 is 0 Å². The van der Waals surface area contributed by atoms with Crippen molar-refractivity contribution in [3.63, 3.8) is 0 Å². The minimum absolute atomic E-state index is 0.0414. The van der Waals surface area contributed by atoms with Gasteiger partial charge < -0.3 is 14.8 Å². The number of carbonyl (C=O) groups is 1. The highest BCUT2D eigenvalue weighted by Gasteiger charge is 2.51. The summed E-state index contributed by atoms with van der Waals surface area (Å²) in [7, 11) is 0. The number of carbonyl (C=O) groups excluding carboxylic acids is 1. The Morgan fingerprint density at radius 1 is 0.929 bits per heavy atom. The molecule has 3 aromatic carbocycles. The van der Waals surface area contributed by atoms with Crippen LogP contribution in [0.5, 0.6) is 11.5 Å². The van der Waals surface area contributed by atoms with E-state index >= 15 is 0 Å². The summed E-state index contributed by atoms with van der Waals surface area (Å²) in [5.41, 5.74) is 4.73. The van der Waals surface area contributed by atoms with Gasteiger partial charge in [0.1, 0.15) is 0 Å². The van der Waals surface area contributed by atoms with Crippen LogP contribution in [0.4, 0.5) is 5.69 Å². The van der Waals surface area contributed by atoms with Gasteiger partial charge in [-0.1, -0.05) is 48.5 Å². The molecule has 1 aliphatic carbocycles. The highest BCUT2D eigenvalue weighted by molar-refractivity contribution is 6.02. The Hall–Kier alpha value is -3.27. The Kier molecular flexibility index (Phi) is 3.86. The molecule has 1 amide bonds. The Balaban J connectivity index is 1.43. The molecule has 1 fully saturated rings. The van der Waals surface area contributed by atoms with Gasteiger partial charge in [-0.05, 0) is 60.2 Å². The van der Waals surface area contributed by atoms with Gasteiger partial charge in [-0.25, -0.2) is 0 Å². The first-order chi connectivity index (χ1) is 13.7. The third-order valence-electron chi connectivity index (χ3n) is 5.78. The fourth-order valence-corrected chi connectivity index (χ4v) is 3.91. The lowest BCUT2D eigenvalue weighted by Gasteiger charge is -2.18. The largest absolute Gasteiger partial charge is 0.454 e. The zero-order valence-electron chi connectivity index (χ0n) is 15.7. The molecule has 140 valence electrons. The molecule has 2 aliphatic rings. The van der Waals surface area contributed by atoms with Gasteiger partial charge in [0.05, 0.1) is 5.41 Å². The van der Waals surface area contributed by atoms with Crippen molar-refractivity contribution >= 4 is 11.6 Å². The molecule has 4 heteroatoms. The van der Waals surface area contributed by atoms with E-state index in [4.69, 9.17) is 9.47 Å². The van der Waals surface area contributed by atoms with Crippen LogP contribution in [0.2, 0.25) is 0 Å². The van der Waals surface area contributed by atoms with Crippen LogP contribution in [-0.4, -0.2) is 12.7 Å². The Morgan fingerprint density at radius 3 is 2.50 bits per heavy atom. The van der Waals surface area contributed by atoms with E-state index in [0.29, 0.717) is 0 Å². The Bertz CT molecular complexity index is 1050. The molecule has 0 aromatic heterocycles. The quantitative estimate of drug-likeness (QED) is 0.697. The van der Waals surface area contributed by atoms with Crippen LogP contribution in [0.25, 0.3) is 11.1 Å². The third kappa shape index (κ3) is 2.73. The highest BCUT2D eigenvalue weighted by atomic mass is 16.7. The molecule has 0 bridgehead atoms. The molecular weight excluding hydrogens is 350 g/mol. The van der Waals surface area contributed by atoms with Crippen molar-refractivity contribution < 1.29 is 14.3 Å². The second kappa shape index (κ2) is 6.41. The number of amides is 1. The van der Waals surface area contributed by atoms with Gasteiger partial charge in [-0.15, -0.1) is 0 Å². The molecule has 0 spiro atoms. The molecule has 1 heterocycles. The smallest absolute Gasteiger partial charge is 0.235 e. The lowest BCUT2D eigenvalue weighted by Crippen LogP contribution is -2.28. The van der Waals surface area contributed by atoms with Crippen molar-refractivity contribution in [1.29, 1.82) is 0 Å². The molecule has 1 aliphatic heterocycles. The van der Waals surface area contributed by atoms with E-state index in [1.807, 2.05) is 48.5 Å². The van der Waals surface area contributed by atoms with E-state index in [0.717, 1.165) is 52.3 Å². The number of fused-ring (bicyclic) bond motifs is 1. The molecule has 5 rings (SSSR count). The first-order valence-corrected chi connectivity index (χ1v) is 9.54. The SMILES string of the molecule is Cc1c(NC(=O)C2(c3ccc4c(c3)OCO4)CC2)cccc1-c1ccccc1. The molecule has 1 N–H and O–H groups in total. The third-order valence-corrected chi connectivity index (χ3v) is 5.78. The van der Waals surface area contributed by atoms with E-state index in [-0.39, 0.29) is 12.7 Å². The van der Waals surface area contributed by atoms with Crippen molar-refractivity contribution in [2.75, 3.05) is 12.1 Å². The number of rotatable bonds is 4. The molecular formula is C24H21NO3. The van der Waals surface area contributed by atoms with Crippen LogP contribution in [0.1, 0.15) is 24.0 Å². The normalized spacial score (nSPS) is 15.9. The zero-order chi connectivity index (χ0) is 19.1. The average Bonchev–Trinajstić information content (AvgIpc) is 3.41. The van der Waals surface area contributed by atoms with Gasteiger partial charge in [0.15, 0.2) is 11.5 Å². The number of nitrogens with one attached hydrogen (secondary N) is 1. The predicted molar refractivity (Wildman–Crippen MR) is 109 cm³/mol. The molecule has 0 atom stereocenters. The summed E-state index contributed by atoms with van der Waals surface area (Å²) in [6.07, 6.45) is 1.69. The van der Waals surface area contributed by atoms with Crippen LogP contribution < -0.4 is 14.8 Å². The molecule has 4 nitrogen and oxygen atoms in total. The molecule has 3 aromatic rings. The monoisotopic (exact) mass is 371 g/mol. The second-order valence-electron chi connectivity index (χ2n) is 7.45. The summed E-state index contributed by atoms with van der Waals surface area (Å²) < 4.78 is 10.9. The van der Waals surface area contributed by atoms with Crippen LogP contribution in [0.15, 0.2) is 66.7 Å². The molecule has 1 saturated carbocycles. The summed E-state index contributed by atoms with van der Waals surface area (Å²) in [4.78, 5) is 13.2. The average molecular weight is 371 g/mol. The fraction of sp³-hybridized carbons (Fsp3) is 0.208. The van der Waals surface area contributed by atoms with Gasteiger partial charge in [-0.2, -0.15) is 0 Å². The molecule has 0 saturated heterocycles. The van der Waals surface area contributed by atoms with Crippen LogP contribution in [-0.2, 0) is 10.2 Å². The molecule has 0 unspecified atom stereocenters. The van der Waals surface area contributed by atoms with E-state index in [9.17, 15) is 4.79 Å². The standard InChI is InChI=1S/C24H21NO3/c1-16-19(17-6-3-2-4-7-17)8-5-9-20(16)25-23(26)24(12-13-24)18-10-11-21-22(14-18)28-15-27-21/h2-11,14H,12-13,15H2,1H3,(H,25,26). The van der Waals surface area contributed by atoms with E-state index in [1.54, 1.807) is 0 Å². The predicted octanol–water partition coefficient (Wildman–Crippen LogP) is 5.06. The molecule has 0 radical (unpaired) electrons. The Morgan fingerprint density at radius 2 is 1.71 bits per heavy atom. The lowest BCUT2D eigenvalue weighted by atomic mass is 9.93. The number of ether oxygens (including phenoxy) is 2. The maximum Gasteiger partial charge on any atom is 0.235 e. The van der Waals surface area contributed by atoms with Crippen molar-refractivity contribution in [2.45, 2.75) is 25.2 Å². The number of hydrogen-bond acceptors (Lipinski definition) is 3. The number of anilines is 1. The topological polar surface area (TPSA) is 47.6 Å². The molecule has 28 heavy (non-hydrogen) atoms. The summed E-state index contributed by atoms with van der Waals surface area (Å²) in [6, 6.07) is 22.1. The van der Waals surface area contributed by atoms with Gasteiger partial charge in [-0.3, -0.25) is 4.79 Å². The van der Waals surface area contributed by atoms with Gasteiger partial charge in [0, 0.05) is 5.69 Å². The maximum atomic E-state index is 13.2. The van der Waals surface area contributed by atoms with Crippen molar-refractivity contribution in [2.24, 2.45) is 0 Å². The maximum absolute atomic E-state index is 13.2. The summed E-state index contributed by atoms with van der Waals surface area (Å²) in [6.45, 7) is 2.29. The van der Waals surface area contributed by atoms with E-state index in [1.165, 1.54) is 0 Å². The van der Waals surface area contributed by atoms with E-state index in [2.05, 4.69) is 30.4 Å². The summed E-state index contributed by atoms with van der Waals surface area (Å²) in [5, 5.41) is 3.18. The van der Waals surface area contributed by atoms with Crippen LogP contribution >= 0.6 is 0 Å². The van der Waals surface area contributed by atoms with Crippen molar-refractivity contribution in [3.05, 3.63) is 77.9 Å². The van der Waals surface area contributed by atoms with Gasteiger partial charge in [0.2, 0.25) is 12.7 Å². The van der Waals surface area contributed by atoms with Crippen LogP contribution in [0.3, 0.4) is 0 Å².